The van der Waals surface area contributed by atoms with Crippen LogP contribution in [0.25, 0.3) is 11.1 Å². The number of amides is 1. The first-order valence-corrected chi connectivity index (χ1v) is 14.6. The fourth-order valence-corrected chi connectivity index (χ4v) is 5.77. The highest BCUT2D eigenvalue weighted by Gasteiger charge is 2.39. The van der Waals surface area contributed by atoms with Gasteiger partial charge in [0, 0.05) is 31.6 Å². The highest BCUT2D eigenvalue weighted by molar-refractivity contribution is 5.91. The molecule has 3 atom stereocenters. The van der Waals surface area contributed by atoms with Gasteiger partial charge in [-0.05, 0) is 71.4 Å². The van der Waals surface area contributed by atoms with Crippen molar-refractivity contribution >= 4 is 5.91 Å². The molecule has 1 aliphatic carbocycles. The standard InChI is InChI=1S/C34H38FNO6/c1-2-41-34-29(14-16-39-18-19-40-17-15-37)31(21-32(42-34)33(38)36-22-23-10-12-25(35)13-11-23)28-9-5-8-27-26-7-4-3-6-24(26)20-30(27)28/h3-13,21,29,31,34,37H,2,14-20,22H2,1H3,(H,36,38)/t29-,31-,34-/m0/s1. The highest BCUT2D eigenvalue weighted by atomic mass is 19.1. The lowest BCUT2D eigenvalue weighted by molar-refractivity contribution is -0.168. The van der Waals surface area contributed by atoms with Crippen LogP contribution in [-0.2, 0) is 36.7 Å². The predicted molar refractivity (Wildman–Crippen MR) is 157 cm³/mol. The number of halogens is 1. The number of aliphatic hydroxyl groups is 1. The van der Waals surface area contributed by atoms with Gasteiger partial charge in [-0.25, -0.2) is 4.39 Å². The van der Waals surface area contributed by atoms with Crippen LogP contribution in [0.3, 0.4) is 0 Å². The number of ether oxygens (including phenoxy) is 4. The Morgan fingerprint density at radius 2 is 1.74 bits per heavy atom. The Morgan fingerprint density at radius 1 is 0.976 bits per heavy atom. The summed E-state index contributed by atoms with van der Waals surface area (Å²) >= 11 is 0. The lowest BCUT2D eigenvalue weighted by atomic mass is 9.78. The Labute approximate surface area is 246 Å². The molecular weight excluding hydrogens is 537 g/mol. The van der Waals surface area contributed by atoms with Crippen molar-refractivity contribution in [1.29, 1.82) is 0 Å². The highest BCUT2D eigenvalue weighted by Crippen LogP contribution is 2.45. The van der Waals surface area contributed by atoms with E-state index in [0.29, 0.717) is 32.8 Å². The van der Waals surface area contributed by atoms with E-state index in [-0.39, 0.29) is 49.1 Å². The van der Waals surface area contributed by atoms with Crippen molar-refractivity contribution in [1.82, 2.24) is 5.32 Å². The first-order valence-electron chi connectivity index (χ1n) is 14.6. The van der Waals surface area contributed by atoms with Gasteiger partial charge in [0.05, 0.1) is 26.4 Å². The summed E-state index contributed by atoms with van der Waals surface area (Å²) in [7, 11) is 0. The molecule has 2 N–H and O–H groups in total. The van der Waals surface area contributed by atoms with Gasteiger partial charge < -0.3 is 29.4 Å². The maximum Gasteiger partial charge on any atom is 0.286 e. The lowest BCUT2D eigenvalue weighted by Gasteiger charge is -2.37. The van der Waals surface area contributed by atoms with Crippen molar-refractivity contribution in [2.45, 2.75) is 38.5 Å². The molecule has 8 heteroatoms. The molecule has 0 unspecified atom stereocenters. The molecule has 0 bridgehead atoms. The molecule has 2 aliphatic rings. The summed E-state index contributed by atoms with van der Waals surface area (Å²) in [5.74, 6) is -0.715. The van der Waals surface area contributed by atoms with Gasteiger partial charge in [-0.1, -0.05) is 54.6 Å². The number of allylic oxidation sites excluding steroid dienone is 1. The Balaban J connectivity index is 1.41. The summed E-state index contributed by atoms with van der Waals surface area (Å²) < 4.78 is 36.8. The summed E-state index contributed by atoms with van der Waals surface area (Å²) in [5, 5.41) is 11.8. The number of carbonyl (C=O) groups is 1. The molecule has 3 aromatic rings. The second-order valence-corrected chi connectivity index (χ2v) is 10.4. The van der Waals surface area contributed by atoms with Crippen LogP contribution in [0.2, 0.25) is 0 Å². The Morgan fingerprint density at radius 3 is 2.52 bits per heavy atom. The Kier molecular flexibility index (Phi) is 10.4. The molecule has 1 aliphatic heterocycles. The van der Waals surface area contributed by atoms with E-state index in [0.717, 1.165) is 17.5 Å². The van der Waals surface area contributed by atoms with Crippen molar-refractivity contribution in [3.05, 3.63) is 107 Å². The van der Waals surface area contributed by atoms with Crippen molar-refractivity contribution < 1.29 is 33.2 Å². The van der Waals surface area contributed by atoms with Crippen LogP contribution in [0.5, 0.6) is 0 Å². The second-order valence-electron chi connectivity index (χ2n) is 10.4. The van der Waals surface area contributed by atoms with E-state index in [1.54, 1.807) is 12.1 Å². The van der Waals surface area contributed by atoms with E-state index in [9.17, 15) is 9.18 Å². The zero-order valence-corrected chi connectivity index (χ0v) is 23.9. The number of benzene rings is 3. The number of rotatable bonds is 14. The smallest absolute Gasteiger partial charge is 0.286 e. The maximum absolute atomic E-state index is 13.4. The third kappa shape index (κ3) is 7.07. The summed E-state index contributed by atoms with van der Waals surface area (Å²) in [6.07, 6.45) is 2.74. The first kappa shape index (κ1) is 29.9. The largest absolute Gasteiger partial charge is 0.459 e. The molecule has 0 fully saturated rings. The molecule has 0 saturated heterocycles. The van der Waals surface area contributed by atoms with Crippen molar-refractivity contribution in [3.8, 4) is 11.1 Å². The van der Waals surface area contributed by atoms with Crippen molar-refractivity contribution in [3.63, 3.8) is 0 Å². The molecule has 3 aromatic carbocycles. The molecule has 0 aromatic heterocycles. The van der Waals surface area contributed by atoms with E-state index in [2.05, 4.69) is 47.8 Å². The minimum absolute atomic E-state index is 0.0193. The van der Waals surface area contributed by atoms with Crippen molar-refractivity contribution in [2.75, 3.05) is 39.6 Å². The Hall–Kier alpha value is -3.56. The SMILES string of the molecule is CCO[C@H]1OC(C(=O)NCc2ccc(F)cc2)=C[C@@H](c2cccc3c2Cc2ccccc2-3)[C@@H]1CCOCCOCCO. The predicted octanol–water partition coefficient (Wildman–Crippen LogP) is 5.11. The summed E-state index contributed by atoms with van der Waals surface area (Å²) in [5.41, 5.74) is 6.94. The minimum atomic E-state index is -0.648. The quantitative estimate of drug-likeness (QED) is 0.204. The molecule has 42 heavy (non-hydrogen) atoms. The number of carbonyl (C=O) groups excluding carboxylic acids is 1. The average Bonchev–Trinajstić information content (AvgIpc) is 3.40. The molecule has 0 spiro atoms. The molecule has 0 radical (unpaired) electrons. The summed E-state index contributed by atoms with van der Waals surface area (Å²) in [6, 6.07) is 20.9. The molecule has 1 heterocycles. The van der Waals surface area contributed by atoms with Gasteiger partial charge in [0.2, 0.25) is 6.29 Å². The molecule has 1 amide bonds. The molecule has 0 saturated carbocycles. The third-order valence-electron chi connectivity index (χ3n) is 7.76. The molecular formula is C34H38FNO6. The van der Waals surface area contributed by atoms with Gasteiger partial charge in [0.25, 0.3) is 5.91 Å². The number of nitrogens with one attached hydrogen (secondary N) is 1. The van der Waals surface area contributed by atoms with Gasteiger partial charge in [0.1, 0.15) is 5.82 Å². The van der Waals surface area contributed by atoms with Gasteiger partial charge in [-0.2, -0.15) is 0 Å². The minimum Gasteiger partial charge on any atom is -0.459 e. The second kappa shape index (κ2) is 14.6. The van der Waals surface area contributed by atoms with E-state index in [4.69, 9.17) is 24.1 Å². The maximum atomic E-state index is 13.4. The van der Waals surface area contributed by atoms with Gasteiger partial charge in [-0.3, -0.25) is 4.79 Å². The molecule has 5 rings (SSSR count). The van der Waals surface area contributed by atoms with E-state index < -0.39 is 6.29 Å². The van der Waals surface area contributed by atoms with Gasteiger partial charge in [-0.15, -0.1) is 0 Å². The van der Waals surface area contributed by atoms with Crippen LogP contribution >= 0.6 is 0 Å². The van der Waals surface area contributed by atoms with E-state index in [1.807, 2.05) is 13.0 Å². The number of fused-ring (bicyclic) bond motifs is 3. The lowest BCUT2D eigenvalue weighted by Crippen LogP contribution is -2.39. The first-order chi connectivity index (χ1) is 20.6. The van der Waals surface area contributed by atoms with E-state index in [1.165, 1.54) is 34.4 Å². The summed E-state index contributed by atoms with van der Waals surface area (Å²) in [4.78, 5) is 13.4. The van der Waals surface area contributed by atoms with Crippen LogP contribution < -0.4 is 5.32 Å². The van der Waals surface area contributed by atoms with Crippen molar-refractivity contribution in [2.24, 2.45) is 5.92 Å². The fraction of sp³-hybridized carbons (Fsp3) is 0.382. The average molecular weight is 576 g/mol. The number of hydrogen-bond donors (Lipinski definition) is 2. The van der Waals surface area contributed by atoms with Crippen LogP contribution in [0, 0.1) is 11.7 Å². The normalized spacial score (nSPS) is 19.0. The molecule has 7 nitrogen and oxygen atoms in total. The van der Waals surface area contributed by atoms with E-state index >= 15 is 0 Å². The van der Waals surface area contributed by atoms with Crippen LogP contribution in [0.1, 0.15) is 41.5 Å². The van der Waals surface area contributed by atoms with Gasteiger partial charge in [0.15, 0.2) is 5.76 Å². The fourth-order valence-electron chi connectivity index (χ4n) is 5.77. The third-order valence-corrected chi connectivity index (χ3v) is 7.76. The number of aliphatic hydroxyl groups excluding tert-OH is 1. The zero-order valence-electron chi connectivity index (χ0n) is 23.9. The van der Waals surface area contributed by atoms with Crippen LogP contribution in [0.4, 0.5) is 4.39 Å². The summed E-state index contributed by atoms with van der Waals surface area (Å²) in [6.45, 7) is 4.13. The topological polar surface area (TPSA) is 86.3 Å². The van der Waals surface area contributed by atoms with Gasteiger partial charge >= 0.3 is 0 Å². The van der Waals surface area contributed by atoms with Crippen LogP contribution in [-0.4, -0.2) is 56.9 Å². The Bertz CT molecular complexity index is 1370. The van der Waals surface area contributed by atoms with Crippen LogP contribution in [0.15, 0.2) is 78.6 Å². The monoisotopic (exact) mass is 575 g/mol. The number of hydrogen-bond acceptors (Lipinski definition) is 6. The zero-order chi connectivity index (χ0) is 29.3. The molecule has 222 valence electrons.